The zero-order valence-electron chi connectivity index (χ0n) is 12.3. The fourth-order valence-electron chi connectivity index (χ4n) is 2.60. The molecule has 1 unspecified atom stereocenters. The van der Waals surface area contributed by atoms with Crippen LogP contribution in [0.2, 0.25) is 0 Å². The summed E-state index contributed by atoms with van der Waals surface area (Å²) in [5.41, 5.74) is 1.23. The first kappa shape index (κ1) is 15.3. The van der Waals surface area contributed by atoms with E-state index in [1.807, 2.05) is 7.05 Å². The third-order valence-corrected chi connectivity index (χ3v) is 5.06. The van der Waals surface area contributed by atoms with Crippen molar-refractivity contribution in [3.8, 4) is 0 Å². The van der Waals surface area contributed by atoms with Gasteiger partial charge >= 0.3 is 10.2 Å². The summed E-state index contributed by atoms with van der Waals surface area (Å²) >= 11 is 0. The van der Waals surface area contributed by atoms with Gasteiger partial charge in [0, 0.05) is 26.3 Å². The molecule has 1 atom stereocenters. The number of aromatic nitrogens is 2. The van der Waals surface area contributed by atoms with Crippen LogP contribution in [-0.4, -0.2) is 49.2 Å². The van der Waals surface area contributed by atoms with Gasteiger partial charge in [-0.05, 0) is 39.3 Å². The lowest BCUT2D eigenvalue weighted by molar-refractivity contribution is 0.264. The lowest BCUT2D eigenvalue weighted by atomic mass is 10.00. The van der Waals surface area contributed by atoms with Crippen LogP contribution in [0.5, 0.6) is 0 Å². The van der Waals surface area contributed by atoms with E-state index in [4.69, 9.17) is 0 Å². The van der Waals surface area contributed by atoms with E-state index in [0.29, 0.717) is 30.4 Å². The fourth-order valence-corrected chi connectivity index (χ4v) is 3.99. The molecule has 1 saturated heterocycles. The molecule has 1 aromatic heterocycles. The molecule has 0 aliphatic carbocycles. The van der Waals surface area contributed by atoms with Crippen molar-refractivity contribution in [2.24, 2.45) is 13.0 Å². The summed E-state index contributed by atoms with van der Waals surface area (Å²) in [4.78, 5) is 0. The molecule has 2 N–H and O–H groups in total. The fraction of sp³-hybridized carbons (Fsp3) is 0.750. The Morgan fingerprint density at radius 3 is 2.85 bits per heavy atom. The van der Waals surface area contributed by atoms with Crippen molar-refractivity contribution in [2.45, 2.75) is 19.8 Å². The van der Waals surface area contributed by atoms with Crippen LogP contribution < -0.4 is 10.0 Å². The number of hydrogen-bond acceptors (Lipinski definition) is 4. The van der Waals surface area contributed by atoms with Gasteiger partial charge in [0.1, 0.15) is 0 Å². The maximum atomic E-state index is 12.4. The third kappa shape index (κ3) is 3.50. The normalized spacial score (nSPS) is 21.1. The highest BCUT2D eigenvalue weighted by molar-refractivity contribution is 7.90. The number of nitrogens with zero attached hydrogens (tertiary/aromatic N) is 3. The summed E-state index contributed by atoms with van der Waals surface area (Å²) in [6.45, 7) is 3.78. The molecular weight excluding hydrogens is 278 g/mol. The van der Waals surface area contributed by atoms with Crippen molar-refractivity contribution in [3.63, 3.8) is 0 Å². The van der Waals surface area contributed by atoms with Crippen molar-refractivity contribution in [1.29, 1.82) is 0 Å². The molecule has 20 heavy (non-hydrogen) atoms. The van der Waals surface area contributed by atoms with E-state index < -0.39 is 10.2 Å². The van der Waals surface area contributed by atoms with E-state index in [9.17, 15) is 8.42 Å². The largest absolute Gasteiger partial charge is 0.319 e. The van der Waals surface area contributed by atoms with Crippen molar-refractivity contribution in [1.82, 2.24) is 19.4 Å². The maximum Gasteiger partial charge on any atom is 0.301 e. The number of hydrogen-bond donors (Lipinski definition) is 2. The molecule has 1 fully saturated rings. The second-order valence-electron chi connectivity index (χ2n) is 5.33. The zero-order chi connectivity index (χ0) is 14.8. The lowest BCUT2D eigenvalue weighted by Crippen LogP contribution is -2.44. The Bertz CT molecular complexity index is 552. The first-order valence-electron chi connectivity index (χ1n) is 6.85. The quantitative estimate of drug-likeness (QED) is 0.821. The monoisotopic (exact) mass is 301 g/mol. The van der Waals surface area contributed by atoms with Crippen LogP contribution in [0.1, 0.15) is 18.5 Å². The Morgan fingerprint density at radius 2 is 2.25 bits per heavy atom. The molecule has 1 aliphatic heterocycles. The molecule has 8 heteroatoms. The molecule has 1 aromatic rings. The number of aryl methyl sites for hydroxylation is 2. The van der Waals surface area contributed by atoms with Crippen LogP contribution in [0.25, 0.3) is 0 Å². The van der Waals surface area contributed by atoms with E-state index in [1.54, 1.807) is 24.9 Å². The zero-order valence-corrected chi connectivity index (χ0v) is 13.1. The van der Waals surface area contributed by atoms with Crippen LogP contribution in [0.3, 0.4) is 0 Å². The minimum Gasteiger partial charge on any atom is -0.319 e. The molecule has 0 amide bonds. The van der Waals surface area contributed by atoms with E-state index in [0.717, 1.165) is 19.4 Å². The second kappa shape index (κ2) is 6.11. The van der Waals surface area contributed by atoms with E-state index >= 15 is 0 Å². The summed E-state index contributed by atoms with van der Waals surface area (Å²) in [7, 11) is 0.171. The Morgan fingerprint density at radius 1 is 1.50 bits per heavy atom. The van der Waals surface area contributed by atoms with Crippen molar-refractivity contribution in [2.75, 3.05) is 31.4 Å². The molecule has 0 spiro atoms. The molecule has 2 rings (SSSR count). The Hall–Kier alpha value is -1.12. The Labute approximate surface area is 120 Å². The van der Waals surface area contributed by atoms with Gasteiger partial charge in [-0.1, -0.05) is 0 Å². The summed E-state index contributed by atoms with van der Waals surface area (Å²) in [6.07, 6.45) is 3.65. The van der Waals surface area contributed by atoms with Crippen molar-refractivity contribution in [3.05, 3.63) is 11.9 Å². The average Bonchev–Trinajstić information content (AvgIpc) is 2.68. The minimum atomic E-state index is -3.49. The van der Waals surface area contributed by atoms with Gasteiger partial charge < -0.3 is 5.32 Å². The van der Waals surface area contributed by atoms with Crippen LogP contribution in [0, 0.1) is 12.8 Å². The smallest absolute Gasteiger partial charge is 0.301 e. The van der Waals surface area contributed by atoms with Gasteiger partial charge in [0.25, 0.3) is 0 Å². The van der Waals surface area contributed by atoms with Gasteiger partial charge in [0.15, 0.2) is 0 Å². The first-order valence-corrected chi connectivity index (χ1v) is 8.29. The highest BCUT2D eigenvalue weighted by Crippen LogP contribution is 2.21. The topological polar surface area (TPSA) is 79.3 Å². The third-order valence-electron chi connectivity index (χ3n) is 3.57. The second-order valence-corrected chi connectivity index (χ2v) is 7.00. The molecular formula is C12H23N5O2S. The van der Waals surface area contributed by atoms with Gasteiger partial charge in [0.05, 0.1) is 11.4 Å². The predicted octanol–water partition coefficient (Wildman–Crippen LogP) is 0.317. The summed E-state index contributed by atoms with van der Waals surface area (Å²) in [5.74, 6) is 0.375. The molecule has 1 aliphatic rings. The number of nitrogens with one attached hydrogen (secondary N) is 2. The number of anilines is 1. The standard InChI is InChI=1S/C12H23N5O2S/c1-10-12(9-16(3)14-10)15-20(18,19)17-6-4-5-11(8-17)7-13-2/h9,11,13,15H,4-8H2,1-3H3. The van der Waals surface area contributed by atoms with Crippen molar-refractivity contribution < 1.29 is 8.42 Å². The van der Waals surface area contributed by atoms with Gasteiger partial charge in [-0.25, -0.2) is 0 Å². The van der Waals surface area contributed by atoms with E-state index in [1.165, 1.54) is 4.31 Å². The van der Waals surface area contributed by atoms with Crippen LogP contribution in [0.4, 0.5) is 5.69 Å². The Balaban J connectivity index is 2.08. The van der Waals surface area contributed by atoms with Gasteiger partial charge in [-0.15, -0.1) is 0 Å². The van der Waals surface area contributed by atoms with Crippen LogP contribution in [-0.2, 0) is 17.3 Å². The van der Waals surface area contributed by atoms with Gasteiger partial charge in [0.2, 0.25) is 0 Å². The van der Waals surface area contributed by atoms with Gasteiger partial charge in [-0.3, -0.25) is 9.40 Å². The number of rotatable bonds is 5. The summed E-state index contributed by atoms with van der Waals surface area (Å²) in [5, 5.41) is 7.26. The summed E-state index contributed by atoms with van der Waals surface area (Å²) < 4.78 is 30.6. The molecule has 2 heterocycles. The molecule has 7 nitrogen and oxygen atoms in total. The number of piperidine rings is 1. The van der Waals surface area contributed by atoms with Gasteiger partial charge in [-0.2, -0.15) is 17.8 Å². The van der Waals surface area contributed by atoms with E-state index in [2.05, 4.69) is 15.1 Å². The highest BCUT2D eigenvalue weighted by atomic mass is 32.2. The SMILES string of the molecule is CNCC1CCCN(S(=O)(=O)Nc2cn(C)nc2C)C1. The van der Waals surface area contributed by atoms with Crippen LogP contribution in [0.15, 0.2) is 6.20 Å². The molecule has 114 valence electrons. The van der Waals surface area contributed by atoms with Crippen LogP contribution >= 0.6 is 0 Å². The first-order chi connectivity index (χ1) is 9.42. The molecule has 0 saturated carbocycles. The molecule has 0 aromatic carbocycles. The predicted molar refractivity (Wildman–Crippen MR) is 78.7 cm³/mol. The molecule has 0 radical (unpaired) electrons. The van der Waals surface area contributed by atoms with E-state index in [-0.39, 0.29) is 0 Å². The highest BCUT2D eigenvalue weighted by Gasteiger charge is 2.29. The lowest BCUT2D eigenvalue weighted by Gasteiger charge is -2.31. The molecule has 0 bridgehead atoms. The minimum absolute atomic E-state index is 0.375. The Kier molecular flexibility index (Phi) is 4.66. The summed E-state index contributed by atoms with van der Waals surface area (Å²) in [6, 6.07) is 0. The van der Waals surface area contributed by atoms with Crippen molar-refractivity contribution >= 4 is 15.9 Å². The maximum absolute atomic E-state index is 12.4. The average molecular weight is 301 g/mol.